The molecule has 5 rings (SSSR count). The van der Waals surface area contributed by atoms with Crippen LogP contribution >= 0.6 is 0 Å². The highest BCUT2D eigenvalue weighted by molar-refractivity contribution is 6.06. The Morgan fingerprint density at radius 3 is 2.23 bits per heavy atom. The summed E-state index contributed by atoms with van der Waals surface area (Å²) in [5.41, 5.74) is 7.61. The Kier molecular flexibility index (Phi) is 8.01. The van der Waals surface area contributed by atoms with Gasteiger partial charge in [-0.2, -0.15) is 0 Å². The summed E-state index contributed by atoms with van der Waals surface area (Å²) in [5.74, 6) is -0.342. The summed E-state index contributed by atoms with van der Waals surface area (Å²) in [6, 6.07) is 31.9. The topological polar surface area (TPSA) is 61.4 Å². The molecule has 204 valence electrons. The normalized spacial score (nSPS) is 12.9. The van der Waals surface area contributed by atoms with E-state index in [-0.39, 0.29) is 17.2 Å². The van der Waals surface area contributed by atoms with Gasteiger partial charge in [0.1, 0.15) is 0 Å². The van der Waals surface area contributed by atoms with Crippen LogP contribution in [0.5, 0.6) is 0 Å². The van der Waals surface area contributed by atoms with Crippen LogP contribution in [0.25, 0.3) is 0 Å². The Labute approximate surface area is 237 Å². The molecule has 1 heterocycles. The summed E-state index contributed by atoms with van der Waals surface area (Å²) in [6.07, 6.45) is 1.67. The van der Waals surface area contributed by atoms with Crippen LogP contribution in [0.4, 0.5) is 11.4 Å². The van der Waals surface area contributed by atoms with Gasteiger partial charge in [0.2, 0.25) is 0 Å². The van der Waals surface area contributed by atoms with Crippen molar-refractivity contribution >= 4 is 23.2 Å². The third-order valence-electron chi connectivity index (χ3n) is 7.53. The number of fused-ring (bicyclic) bond motifs is 1. The zero-order valence-electron chi connectivity index (χ0n) is 23.5. The molecule has 5 nitrogen and oxygen atoms in total. The lowest BCUT2D eigenvalue weighted by Gasteiger charge is -2.32. The van der Waals surface area contributed by atoms with E-state index in [1.54, 1.807) is 6.07 Å². The van der Waals surface area contributed by atoms with Crippen LogP contribution in [0.3, 0.4) is 0 Å². The number of rotatable bonds is 7. The Morgan fingerprint density at radius 2 is 1.50 bits per heavy atom. The van der Waals surface area contributed by atoms with Gasteiger partial charge in [0.05, 0.1) is 5.56 Å². The average molecular weight is 532 g/mol. The molecule has 2 amide bonds. The first-order valence-corrected chi connectivity index (χ1v) is 14.0. The molecule has 1 aliphatic heterocycles. The monoisotopic (exact) mass is 531 g/mol. The lowest BCUT2D eigenvalue weighted by Crippen LogP contribution is -2.33. The van der Waals surface area contributed by atoms with Gasteiger partial charge in [-0.05, 0) is 70.8 Å². The lowest BCUT2D eigenvalue weighted by molar-refractivity contribution is 0.0953. The Bertz CT molecular complexity index is 1490. The fourth-order valence-electron chi connectivity index (χ4n) is 5.16. The number of anilines is 2. The minimum absolute atomic E-state index is 0.0164. The van der Waals surface area contributed by atoms with Crippen LogP contribution in [0.2, 0.25) is 0 Å². The summed E-state index contributed by atoms with van der Waals surface area (Å²) < 4.78 is 0. The SMILES string of the molecule is CC(C)(C)c1ccc(C(=O)Nc2ccc(N3CCc4ccccc4C3)c(C(=O)NCCc3ccccc3)c2)cc1. The van der Waals surface area contributed by atoms with Gasteiger partial charge in [-0.15, -0.1) is 0 Å². The van der Waals surface area contributed by atoms with Crippen molar-refractivity contribution in [3.63, 3.8) is 0 Å². The molecule has 4 aromatic carbocycles. The van der Waals surface area contributed by atoms with Crippen molar-refractivity contribution in [2.45, 2.75) is 45.6 Å². The number of benzene rings is 4. The van der Waals surface area contributed by atoms with Crippen LogP contribution in [0.15, 0.2) is 97.1 Å². The molecular formula is C35H37N3O2. The van der Waals surface area contributed by atoms with Gasteiger partial charge in [0.15, 0.2) is 0 Å². The van der Waals surface area contributed by atoms with Gasteiger partial charge < -0.3 is 15.5 Å². The van der Waals surface area contributed by atoms with Gasteiger partial charge in [-0.25, -0.2) is 0 Å². The molecule has 0 aliphatic carbocycles. The molecule has 0 fully saturated rings. The van der Waals surface area contributed by atoms with Gasteiger partial charge in [0.25, 0.3) is 11.8 Å². The number of amides is 2. The van der Waals surface area contributed by atoms with Crippen LogP contribution in [0.1, 0.15) is 63.7 Å². The van der Waals surface area contributed by atoms with Crippen molar-refractivity contribution in [3.05, 3.63) is 130 Å². The smallest absolute Gasteiger partial charge is 0.255 e. The molecule has 40 heavy (non-hydrogen) atoms. The molecule has 0 spiro atoms. The van der Waals surface area contributed by atoms with E-state index in [0.29, 0.717) is 23.4 Å². The molecule has 0 radical (unpaired) electrons. The molecule has 5 heteroatoms. The number of hydrogen-bond acceptors (Lipinski definition) is 3. The summed E-state index contributed by atoms with van der Waals surface area (Å²) in [7, 11) is 0. The summed E-state index contributed by atoms with van der Waals surface area (Å²) >= 11 is 0. The van der Waals surface area contributed by atoms with Crippen molar-refractivity contribution in [3.8, 4) is 0 Å². The van der Waals surface area contributed by atoms with E-state index in [4.69, 9.17) is 0 Å². The number of carbonyl (C=O) groups is 2. The van der Waals surface area contributed by atoms with E-state index in [2.05, 4.69) is 72.7 Å². The average Bonchev–Trinajstić information content (AvgIpc) is 2.97. The zero-order chi connectivity index (χ0) is 28.1. The highest BCUT2D eigenvalue weighted by atomic mass is 16.2. The maximum atomic E-state index is 13.5. The number of carbonyl (C=O) groups excluding carboxylic acids is 2. The van der Waals surface area contributed by atoms with Gasteiger partial charge >= 0.3 is 0 Å². The molecule has 0 atom stereocenters. The predicted octanol–water partition coefficient (Wildman–Crippen LogP) is 6.77. The van der Waals surface area contributed by atoms with Crippen LogP contribution in [-0.2, 0) is 24.8 Å². The lowest BCUT2D eigenvalue weighted by atomic mass is 9.87. The standard InChI is InChI=1S/C35H37N3O2/c1-35(2,3)29-15-13-27(14-16-29)33(39)37-30-17-18-32(38-22-20-26-11-7-8-12-28(26)24-38)31(23-30)34(40)36-21-19-25-9-5-4-6-10-25/h4-18,23H,19-22,24H2,1-3H3,(H,36,40)(H,37,39). The van der Waals surface area contributed by atoms with Crippen molar-refractivity contribution in [1.29, 1.82) is 0 Å². The van der Waals surface area contributed by atoms with Crippen molar-refractivity contribution in [2.24, 2.45) is 0 Å². The maximum absolute atomic E-state index is 13.5. The molecular weight excluding hydrogens is 494 g/mol. The van der Waals surface area contributed by atoms with Crippen LogP contribution in [0, 0.1) is 0 Å². The Morgan fingerprint density at radius 1 is 0.800 bits per heavy atom. The molecule has 0 aromatic heterocycles. The summed E-state index contributed by atoms with van der Waals surface area (Å²) in [6.45, 7) is 8.55. The third kappa shape index (κ3) is 6.42. The maximum Gasteiger partial charge on any atom is 0.255 e. The van der Waals surface area contributed by atoms with Crippen molar-refractivity contribution in [1.82, 2.24) is 5.32 Å². The Hall–Kier alpha value is -4.38. The van der Waals surface area contributed by atoms with E-state index >= 15 is 0 Å². The molecule has 0 bridgehead atoms. The highest BCUT2D eigenvalue weighted by Gasteiger charge is 2.22. The van der Waals surface area contributed by atoms with Gasteiger partial charge in [-0.3, -0.25) is 9.59 Å². The molecule has 2 N–H and O–H groups in total. The van der Waals surface area contributed by atoms with E-state index in [1.165, 1.54) is 22.3 Å². The van der Waals surface area contributed by atoms with E-state index in [1.807, 2.05) is 54.6 Å². The zero-order valence-corrected chi connectivity index (χ0v) is 23.5. The van der Waals surface area contributed by atoms with E-state index in [9.17, 15) is 9.59 Å². The van der Waals surface area contributed by atoms with Gasteiger partial charge in [-0.1, -0.05) is 87.5 Å². The predicted molar refractivity (Wildman–Crippen MR) is 163 cm³/mol. The first-order chi connectivity index (χ1) is 19.3. The molecule has 0 unspecified atom stereocenters. The fourth-order valence-corrected chi connectivity index (χ4v) is 5.16. The molecule has 0 saturated carbocycles. The summed E-state index contributed by atoms with van der Waals surface area (Å²) in [4.78, 5) is 28.9. The minimum atomic E-state index is -0.199. The number of hydrogen-bond donors (Lipinski definition) is 2. The second-order valence-corrected chi connectivity index (χ2v) is 11.4. The number of nitrogens with one attached hydrogen (secondary N) is 2. The van der Waals surface area contributed by atoms with E-state index in [0.717, 1.165) is 31.6 Å². The minimum Gasteiger partial charge on any atom is -0.366 e. The molecule has 1 aliphatic rings. The quantitative estimate of drug-likeness (QED) is 0.277. The summed E-state index contributed by atoms with van der Waals surface area (Å²) in [5, 5.41) is 6.10. The van der Waals surface area contributed by atoms with E-state index < -0.39 is 0 Å². The van der Waals surface area contributed by atoms with Crippen LogP contribution in [-0.4, -0.2) is 24.9 Å². The van der Waals surface area contributed by atoms with Crippen molar-refractivity contribution < 1.29 is 9.59 Å². The molecule has 4 aromatic rings. The van der Waals surface area contributed by atoms with Crippen molar-refractivity contribution in [2.75, 3.05) is 23.3 Å². The Balaban J connectivity index is 1.37. The second kappa shape index (κ2) is 11.8. The molecule has 0 saturated heterocycles. The van der Waals surface area contributed by atoms with Crippen LogP contribution < -0.4 is 15.5 Å². The fraction of sp³-hybridized carbons (Fsp3) is 0.257. The van der Waals surface area contributed by atoms with Gasteiger partial charge in [0, 0.05) is 36.6 Å². The second-order valence-electron chi connectivity index (χ2n) is 11.4. The highest BCUT2D eigenvalue weighted by Crippen LogP contribution is 2.30. The largest absolute Gasteiger partial charge is 0.366 e. The third-order valence-corrected chi connectivity index (χ3v) is 7.53. The first kappa shape index (κ1) is 27.2. The number of nitrogens with zero attached hydrogens (tertiary/aromatic N) is 1. The first-order valence-electron chi connectivity index (χ1n) is 14.0.